The number of aromatic nitrogens is 1. The Balaban J connectivity index is 2.68. The quantitative estimate of drug-likeness (QED) is 0.714. The lowest BCUT2D eigenvalue weighted by molar-refractivity contribution is 0.407. The van der Waals surface area contributed by atoms with Gasteiger partial charge in [0.2, 0.25) is 0 Å². The van der Waals surface area contributed by atoms with E-state index in [0.29, 0.717) is 12.5 Å². The minimum Gasteiger partial charge on any atom is -0.364 e. The fourth-order valence-corrected chi connectivity index (χ4v) is 1.00. The van der Waals surface area contributed by atoms with Crippen molar-refractivity contribution in [2.75, 3.05) is 0 Å². The van der Waals surface area contributed by atoms with E-state index in [0.717, 1.165) is 17.7 Å². The van der Waals surface area contributed by atoms with E-state index in [1.165, 1.54) is 0 Å². The zero-order valence-corrected chi connectivity index (χ0v) is 7.00. The van der Waals surface area contributed by atoms with E-state index in [4.69, 9.17) is 10.3 Å². The van der Waals surface area contributed by atoms with Gasteiger partial charge in [0.15, 0.2) is 0 Å². The van der Waals surface area contributed by atoms with Crippen molar-refractivity contribution in [1.29, 1.82) is 0 Å². The smallest absolute Gasteiger partial charge is 0.128 e. The van der Waals surface area contributed by atoms with Gasteiger partial charge >= 0.3 is 0 Å². The monoisotopic (exact) mass is 154 g/mol. The summed E-state index contributed by atoms with van der Waals surface area (Å²) in [5.74, 6) is 0.602. The number of nitrogens with two attached hydrogens (primary N) is 1. The Morgan fingerprint density at radius 2 is 2.36 bits per heavy atom. The molecule has 3 heteroatoms. The van der Waals surface area contributed by atoms with Gasteiger partial charge in [0.1, 0.15) is 6.26 Å². The van der Waals surface area contributed by atoms with Crippen molar-refractivity contribution in [3.8, 4) is 0 Å². The SMILES string of the molecule is CC(C)Cc1nocc1CN. The van der Waals surface area contributed by atoms with Crippen LogP contribution in [0.1, 0.15) is 25.1 Å². The molecular weight excluding hydrogens is 140 g/mol. The summed E-state index contributed by atoms with van der Waals surface area (Å²) in [7, 11) is 0. The van der Waals surface area contributed by atoms with Gasteiger partial charge in [0.05, 0.1) is 5.69 Å². The molecule has 0 unspecified atom stereocenters. The van der Waals surface area contributed by atoms with Gasteiger partial charge in [-0.1, -0.05) is 19.0 Å². The molecular formula is C8H14N2O. The molecule has 0 aliphatic carbocycles. The topological polar surface area (TPSA) is 52.0 Å². The lowest BCUT2D eigenvalue weighted by atomic mass is 10.1. The summed E-state index contributed by atoms with van der Waals surface area (Å²) in [6.45, 7) is 4.81. The Hall–Kier alpha value is -0.830. The number of hydrogen-bond donors (Lipinski definition) is 1. The summed E-state index contributed by atoms with van der Waals surface area (Å²) in [5, 5.41) is 3.87. The average Bonchev–Trinajstić information content (AvgIpc) is 2.34. The first-order valence-corrected chi connectivity index (χ1v) is 3.86. The molecule has 0 aromatic carbocycles. The molecule has 2 N–H and O–H groups in total. The summed E-state index contributed by atoms with van der Waals surface area (Å²) in [4.78, 5) is 0. The van der Waals surface area contributed by atoms with Crippen molar-refractivity contribution < 1.29 is 4.52 Å². The number of hydrogen-bond acceptors (Lipinski definition) is 3. The molecule has 0 saturated carbocycles. The van der Waals surface area contributed by atoms with Crippen LogP contribution in [0.25, 0.3) is 0 Å². The fraction of sp³-hybridized carbons (Fsp3) is 0.625. The zero-order valence-electron chi connectivity index (χ0n) is 7.00. The molecule has 11 heavy (non-hydrogen) atoms. The van der Waals surface area contributed by atoms with Gasteiger partial charge in [-0.25, -0.2) is 0 Å². The lowest BCUT2D eigenvalue weighted by Crippen LogP contribution is -2.02. The first-order chi connectivity index (χ1) is 5.24. The van der Waals surface area contributed by atoms with Crippen LogP contribution in [-0.4, -0.2) is 5.16 Å². The molecule has 0 aliphatic rings. The van der Waals surface area contributed by atoms with Gasteiger partial charge in [0.25, 0.3) is 0 Å². The van der Waals surface area contributed by atoms with Crippen LogP contribution in [0.5, 0.6) is 0 Å². The Morgan fingerprint density at radius 3 is 2.91 bits per heavy atom. The van der Waals surface area contributed by atoms with Gasteiger partial charge in [0, 0.05) is 12.1 Å². The maximum absolute atomic E-state index is 5.47. The minimum atomic E-state index is 0.519. The molecule has 0 radical (unpaired) electrons. The second-order valence-corrected chi connectivity index (χ2v) is 3.09. The fourth-order valence-electron chi connectivity index (χ4n) is 1.00. The molecule has 0 fully saturated rings. The predicted octanol–water partition coefficient (Wildman–Crippen LogP) is 1.33. The molecule has 0 spiro atoms. The Morgan fingerprint density at radius 1 is 1.64 bits per heavy atom. The molecule has 0 atom stereocenters. The van der Waals surface area contributed by atoms with Crippen LogP contribution in [0.3, 0.4) is 0 Å². The van der Waals surface area contributed by atoms with Gasteiger partial charge in [-0.15, -0.1) is 0 Å². The van der Waals surface area contributed by atoms with E-state index >= 15 is 0 Å². The third kappa shape index (κ3) is 2.05. The van der Waals surface area contributed by atoms with E-state index in [2.05, 4.69) is 19.0 Å². The highest BCUT2D eigenvalue weighted by Gasteiger charge is 2.06. The van der Waals surface area contributed by atoms with Crippen LogP contribution in [0.15, 0.2) is 10.8 Å². The maximum atomic E-state index is 5.47. The van der Waals surface area contributed by atoms with Gasteiger partial charge < -0.3 is 10.3 Å². The van der Waals surface area contributed by atoms with E-state index in [-0.39, 0.29) is 0 Å². The molecule has 0 bridgehead atoms. The molecule has 1 heterocycles. The average molecular weight is 154 g/mol. The Labute approximate surface area is 66.6 Å². The van der Waals surface area contributed by atoms with Crippen LogP contribution in [0.4, 0.5) is 0 Å². The first kappa shape index (κ1) is 8.27. The summed E-state index contributed by atoms with van der Waals surface area (Å²) >= 11 is 0. The van der Waals surface area contributed by atoms with Gasteiger partial charge in [-0.3, -0.25) is 0 Å². The van der Waals surface area contributed by atoms with Crippen molar-refractivity contribution in [2.24, 2.45) is 11.7 Å². The molecule has 0 saturated heterocycles. The molecule has 1 aromatic rings. The predicted molar refractivity (Wildman–Crippen MR) is 42.9 cm³/mol. The molecule has 0 aliphatic heterocycles. The molecule has 0 amide bonds. The van der Waals surface area contributed by atoms with E-state index in [1.54, 1.807) is 6.26 Å². The van der Waals surface area contributed by atoms with Crippen LogP contribution in [0.2, 0.25) is 0 Å². The number of rotatable bonds is 3. The summed E-state index contributed by atoms with van der Waals surface area (Å²) in [6, 6.07) is 0. The molecule has 62 valence electrons. The Bertz CT molecular complexity index is 218. The van der Waals surface area contributed by atoms with E-state index < -0.39 is 0 Å². The molecule has 3 nitrogen and oxygen atoms in total. The van der Waals surface area contributed by atoms with Crippen LogP contribution in [-0.2, 0) is 13.0 Å². The van der Waals surface area contributed by atoms with E-state index in [9.17, 15) is 0 Å². The zero-order chi connectivity index (χ0) is 8.27. The van der Waals surface area contributed by atoms with Crippen molar-refractivity contribution in [2.45, 2.75) is 26.8 Å². The highest BCUT2D eigenvalue weighted by Crippen LogP contribution is 2.10. The standard InChI is InChI=1S/C8H14N2O/c1-6(2)3-8-7(4-9)5-11-10-8/h5-6H,3-4,9H2,1-2H3. The van der Waals surface area contributed by atoms with E-state index in [1.807, 2.05) is 0 Å². The third-order valence-electron chi connectivity index (χ3n) is 1.55. The van der Waals surface area contributed by atoms with Crippen LogP contribution < -0.4 is 5.73 Å². The highest BCUT2D eigenvalue weighted by atomic mass is 16.5. The third-order valence-corrected chi connectivity index (χ3v) is 1.55. The summed E-state index contributed by atoms with van der Waals surface area (Å²) in [6.07, 6.45) is 2.57. The number of nitrogens with zero attached hydrogens (tertiary/aromatic N) is 1. The van der Waals surface area contributed by atoms with Gasteiger partial charge in [-0.05, 0) is 12.3 Å². The molecule has 1 aromatic heterocycles. The highest BCUT2D eigenvalue weighted by molar-refractivity contribution is 5.14. The van der Waals surface area contributed by atoms with Gasteiger partial charge in [-0.2, -0.15) is 0 Å². The van der Waals surface area contributed by atoms with Crippen molar-refractivity contribution in [1.82, 2.24) is 5.16 Å². The van der Waals surface area contributed by atoms with Crippen LogP contribution in [0, 0.1) is 5.92 Å². The second-order valence-electron chi connectivity index (χ2n) is 3.09. The second kappa shape index (κ2) is 3.53. The first-order valence-electron chi connectivity index (χ1n) is 3.86. The maximum Gasteiger partial charge on any atom is 0.128 e. The van der Waals surface area contributed by atoms with Crippen LogP contribution >= 0.6 is 0 Å². The largest absolute Gasteiger partial charge is 0.364 e. The Kier molecular flexibility index (Phi) is 2.65. The lowest BCUT2D eigenvalue weighted by Gasteiger charge is -2.00. The molecule has 1 rings (SSSR count). The summed E-state index contributed by atoms with van der Waals surface area (Å²) < 4.78 is 4.81. The van der Waals surface area contributed by atoms with Crippen molar-refractivity contribution >= 4 is 0 Å². The normalized spacial score (nSPS) is 10.9. The van der Waals surface area contributed by atoms with Crippen molar-refractivity contribution in [3.05, 3.63) is 17.5 Å². The summed E-state index contributed by atoms with van der Waals surface area (Å²) in [5.41, 5.74) is 7.50. The minimum absolute atomic E-state index is 0.519. The van der Waals surface area contributed by atoms with Crippen molar-refractivity contribution in [3.63, 3.8) is 0 Å².